The van der Waals surface area contributed by atoms with Crippen molar-refractivity contribution in [1.82, 2.24) is 10.9 Å². The molecule has 2 amide bonds. The molecule has 0 atom stereocenters. The van der Waals surface area contributed by atoms with E-state index in [2.05, 4.69) is 34.9 Å². The van der Waals surface area contributed by atoms with Gasteiger partial charge in [-0.25, -0.2) is 10.9 Å². The molecule has 0 aliphatic heterocycles. The van der Waals surface area contributed by atoms with Gasteiger partial charge < -0.3 is 9.47 Å². The summed E-state index contributed by atoms with van der Waals surface area (Å²) in [7, 11) is 0. The van der Waals surface area contributed by atoms with Gasteiger partial charge in [0.25, 0.3) is 0 Å². The predicted octanol–water partition coefficient (Wildman–Crippen LogP) is 5.99. The zero-order valence-electron chi connectivity index (χ0n) is 22.8. The maximum Gasteiger partial charge on any atom is 0.240 e. The van der Waals surface area contributed by atoms with Crippen LogP contribution in [0.4, 0.5) is 0 Å². The van der Waals surface area contributed by atoms with E-state index in [0.29, 0.717) is 25.7 Å². The van der Waals surface area contributed by atoms with Crippen LogP contribution in [0.5, 0.6) is 11.5 Å². The van der Waals surface area contributed by atoms with Crippen molar-refractivity contribution in [2.75, 3.05) is 13.2 Å². The van der Waals surface area contributed by atoms with E-state index in [1.54, 1.807) is 12.4 Å². The maximum atomic E-state index is 12.0. The normalized spacial score (nSPS) is 11.1. The summed E-state index contributed by atoms with van der Waals surface area (Å²) < 4.78 is 11.4. The Morgan fingerprint density at radius 3 is 1.39 bits per heavy atom. The van der Waals surface area contributed by atoms with Gasteiger partial charge in [-0.2, -0.15) is 10.2 Å². The van der Waals surface area contributed by atoms with Crippen LogP contribution in [0.1, 0.15) is 89.2 Å². The van der Waals surface area contributed by atoms with Crippen molar-refractivity contribution < 1.29 is 19.1 Å². The minimum atomic E-state index is -0.187. The molecule has 0 saturated heterocycles. The Labute approximate surface area is 226 Å². The summed E-state index contributed by atoms with van der Waals surface area (Å²) in [5.41, 5.74) is 6.78. The first-order valence-corrected chi connectivity index (χ1v) is 13.7. The van der Waals surface area contributed by atoms with Crippen LogP contribution in [0.25, 0.3) is 0 Å². The van der Waals surface area contributed by atoms with Crippen LogP contribution in [-0.2, 0) is 9.59 Å². The molecule has 8 nitrogen and oxygen atoms in total. The first kappa shape index (κ1) is 30.5. The standard InChI is InChI=1S/C30H42N4O4/c1-3-5-9-21-37-27-17-13-25(14-18-27)23-31-33-29(35)11-7-8-12-30(36)34-32-24-26-15-19-28(20-16-26)38-22-10-6-4-2/h13-20,23-24H,3-12,21-22H2,1-2H3,(H,33,35)(H,34,36)/b31-23-,32-24-. The average Bonchev–Trinajstić information content (AvgIpc) is 2.93. The predicted molar refractivity (Wildman–Crippen MR) is 153 cm³/mol. The van der Waals surface area contributed by atoms with Crippen molar-refractivity contribution in [2.45, 2.75) is 78.1 Å². The molecule has 0 heterocycles. The number of amides is 2. The fourth-order valence-electron chi connectivity index (χ4n) is 3.42. The number of hydrazone groups is 2. The Kier molecular flexibility index (Phi) is 15.6. The summed E-state index contributed by atoms with van der Waals surface area (Å²) in [6.07, 6.45) is 11.7. The molecule has 38 heavy (non-hydrogen) atoms. The Bertz CT molecular complexity index is 907. The van der Waals surface area contributed by atoms with Crippen molar-refractivity contribution in [2.24, 2.45) is 10.2 Å². The fraction of sp³-hybridized carbons (Fsp3) is 0.467. The smallest absolute Gasteiger partial charge is 0.240 e. The lowest BCUT2D eigenvalue weighted by Gasteiger charge is -2.05. The third-order valence-electron chi connectivity index (χ3n) is 5.66. The Hall–Kier alpha value is -3.68. The Balaban J connectivity index is 1.55. The number of ether oxygens (including phenoxy) is 2. The molecule has 0 saturated carbocycles. The maximum absolute atomic E-state index is 12.0. The minimum absolute atomic E-state index is 0.187. The molecule has 2 aromatic carbocycles. The Morgan fingerprint density at radius 1 is 0.632 bits per heavy atom. The number of benzene rings is 2. The van der Waals surface area contributed by atoms with Crippen molar-refractivity contribution in [3.05, 3.63) is 59.7 Å². The van der Waals surface area contributed by atoms with Crippen LogP contribution < -0.4 is 20.3 Å². The molecule has 2 aromatic rings. The molecule has 2 rings (SSSR count). The van der Waals surface area contributed by atoms with Gasteiger partial charge in [0.2, 0.25) is 11.8 Å². The number of carbonyl (C=O) groups excluding carboxylic acids is 2. The molecule has 0 unspecified atom stereocenters. The highest BCUT2D eigenvalue weighted by atomic mass is 16.5. The molecule has 0 fully saturated rings. The molecule has 0 aliphatic rings. The molecule has 0 spiro atoms. The summed E-state index contributed by atoms with van der Waals surface area (Å²) in [6, 6.07) is 15.2. The lowest BCUT2D eigenvalue weighted by Crippen LogP contribution is -2.19. The van der Waals surface area contributed by atoms with E-state index in [1.165, 1.54) is 12.8 Å². The van der Waals surface area contributed by atoms with Gasteiger partial charge in [0, 0.05) is 12.8 Å². The van der Waals surface area contributed by atoms with Gasteiger partial charge in [-0.15, -0.1) is 0 Å². The van der Waals surface area contributed by atoms with Crippen LogP contribution >= 0.6 is 0 Å². The third kappa shape index (κ3) is 14.2. The van der Waals surface area contributed by atoms with Crippen molar-refractivity contribution in [3.8, 4) is 11.5 Å². The molecule has 0 bridgehead atoms. The van der Waals surface area contributed by atoms with E-state index in [4.69, 9.17) is 9.47 Å². The molecule has 0 aromatic heterocycles. The van der Waals surface area contributed by atoms with E-state index in [-0.39, 0.29) is 11.8 Å². The number of carbonyl (C=O) groups is 2. The molecule has 8 heteroatoms. The number of rotatable bonds is 19. The van der Waals surface area contributed by atoms with E-state index in [9.17, 15) is 9.59 Å². The monoisotopic (exact) mass is 522 g/mol. The molecule has 206 valence electrons. The van der Waals surface area contributed by atoms with Crippen LogP contribution in [0.15, 0.2) is 58.7 Å². The van der Waals surface area contributed by atoms with E-state index >= 15 is 0 Å². The third-order valence-corrected chi connectivity index (χ3v) is 5.66. The lowest BCUT2D eigenvalue weighted by atomic mass is 10.2. The first-order valence-electron chi connectivity index (χ1n) is 13.7. The van der Waals surface area contributed by atoms with Gasteiger partial charge in [0.15, 0.2) is 0 Å². The summed E-state index contributed by atoms with van der Waals surface area (Å²) >= 11 is 0. The fourth-order valence-corrected chi connectivity index (χ4v) is 3.42. The van der Waals surface area contributed by atoms with Crippen LogP contribution in [0.3, 0.4) is 0 Å². The second-order valence-corrected chi connectivity index (χ2v) is 9.04. The zero-order chi connectivity index (χ0) is 27.3. The van der Waals surface area contributed by atoms with Crippen LogP contribution in [0, 0.1) is 0 Å². The quantitative estimate of drug-likeness (QED) is 0.134. The lowest BCUT2D eigenvalue weighted by molar-refractivity contribution is -0.123. The second-order valence-electron chi connectivity index (χ2n) is 9.04. The zero-order valence-corrected chi connectivity index (χ0v) is 22.8. The van der Waals surface area contributed by atoms with Crippen molar-refractivity contribution >= 4 is 24.2 Å². The van der Waals surface area contributed by atoms with Crippen LogP contribution in [0.2, 0.25) is 0 Å². The first-order chi connectivity index (χ1) is 18.6. The number of nitrogens with zero attached hydrogens (tertiary/aromatic N) is 2. The Morgan fingerprint density at radius 2 is 1.03 bits per heavy atom. The summed E-state index contributed by atoms with van der Waals surface area (Å²) in [4.78, 5) is 23.9. The van der Waals surface area contributed by atoms with Gasteiger partial charge in [-0.1, -0.05) is 39.5 Å². The summed E-state index contributed by atoms with van der Waals surface area (Å²) in [6.45, 7) is 5.76. The molecule has 0 aliphatic carbocycles. The van der Waals surface area contributed by atoms with Gasteiger partial charge >= 0.3 is 0 Å². The molecular formula is C30H42N4O4. The summed E-state index contributed by atoms with van der Waals surface area (Å²) in [5.74, 6) is 1.28. The van der Waals surface area contributed by atoms with Gasteiger partial charge in [0.05, 0.1) is 25.6 Å². The second kappa shape index (κ2) is 19.4. The molecular weight excluding hydrogens is 480 g/mol. The number of hydrogen-bond acceptors (Lipinski definition) is 6. The summed E-state index contributed by atoms with van der Waals surface area (Å²) in [5, 5.41) is 7.99. The number of unbranched alkanes of at least 4 members (excludes halogenated alkanes) is 5. The van der Waals surface area contributed by atoms with Gasteiger partial charge in [-0.05, 0) is 85.3 Å². The van der Waals surface area contributed by atoms with E-state index in [0.717, 1.165) is 61.5 Å². The van der Waals surface area contributed by atoms with E-state index < -0.39 is 0 Å². The van der Waals surface area contributed by atoms with Crippen molar-refractivity contribution in [3.63, 3.8) is 0 Å². The SMILES string of the molecule is CCCCCOc1ccc(/C=N\NC(=O)CCCCC(=O)N/N=C\c2ccc(OCCCCC)cc2)cc1. The largest absolute Gasteiger partial charge is 0.494 e. The minimum Gasteiger partial charge on any atom is -0.494 e. The highest BCUT2D eigenvalue weighted by Gasteiger charge is 2.03. The highest BCUT2D eigenvalue weighted by molar-refractivity contribution is 5.83. The average molecular weight is 523 g/mol. The van der Waals surface area contributed by atoms with Crippen LogP contribution in [-0.4, -0.2) is 37.5 Å². The highest BCUT2D eigenvalue weighted by Crippen LogP contribution is 2.13. The van der Waals surface area contributed by atoms with E-state index in [1.807, 2.05) is 48.5 Å². The van der Waals surface area contributed by atoms with Gasteiger partial charge in [-0.3, -0.25) is 9.59 Å². The van der Waals surface area contributed by atoms with Crippen molar-refractivity contribution in [1.29, 1.82) is 0 Å². The topological polar surface area (TPSA) is 101 Å². The molecule has 0 radical (unpaired) electrons. The van der Waals surface area contributed by atoms with Gasteiger partial charge in [0.1, 0.15) is 11.5 Å². The number of nitrogens with one attached hydrogen (secondary N) is 2. The number of hydrogen-bond donors (Lipinski definition) is 2. The molecule has 2 N–H and O–H groups in total.